The van der Waals surface area contributed by atoms with Gasteiger partial charge in [0, 0.05) is 0 Å². The Kier molecular flexibility index (Phi) is 4.02. The monoisotopic (exact) mass is 273 g/mol. The predicted octanol–water partition coefficient (Wildman–Crippen LogP) is 5.11. The third kappa shape index (κ3) is 3.32. The fourth-order valence-electron chi connectivity index (χ4n) is 2.30. The van der Waals surface area contributed by atoms with E-state index in [1.165, 1.54) is 5.56 Å². The van der Waals surface area contributed by atoms with Crippen LogP contribution in [0.4, 0.5) is 0 Å². The van der Waals surface area contributed by atoms with Crippen LogP contribution in [-0.2, 0) is 6.61 Å². The number of benzene rings is 3. The van der Waals surface area contributed by atoms with E-state index in [1.807, 2.05) is 48.5 Å². The molecule has 0 unspecified atom stereocenters. The Hall–Kier alpha value is -2.54. The predicted molar refractivity (Wildman–Crippen MR) is 87.1 cm³/mol. The number of hydrogen-bond acceptors (Lipinski definition) is 1. The van der Waals surface area contributed by atoms with Crippen LogP contribution >= 0.6 is 0 Å². The van der Waals surface area contributed by atoms with Crippen LogP contribution in [-0.4, -0.2) is 0 Å². The molecule has 1 heteroatoms. The van der Waals surface area contributed by atoms with E-state index in [0.717, 1.165) is 22.4 Å². The Labute approximate surface area is 125 Å². The Balaban J connectivity index is 1.79. The molecule has 0 fully saturated rings. The van der Waals surface area contributed by atoms with E-state index in [9.17, 15) is 0 Å². The van der Waals surface area contributed by atoms with Gasteiger partial charge in [-0.1, -0.05) is 66.7 Å². The van der Waals surface area contributed by atoms with E-state index in [4.69, 9.17) is 4.74 Å². The Bertz CT molecular complexity index is 717. The van der Waals surface area contributed by atoms with Crippen LogP contribution in [0.15, 0.2) is 78.9 Å². The molecular formula is C20H17O. The zero-order valence-corrected chi connectivity index (χ0v) is 11.8. The molecule has 0 bridgehead atoms. The normalized spacial score (nSPS) is 10.3. The van der Waals surface area contributed by atoms with Gasteiger partial charge in [-0.15, -0.1) is 0 Å². The zero-order chi connectivity index (χ0) is 14.5. The van der Waals surface area contributed by atoms with Gasteiger partial charge in [0.2, 0.25) is 0 Å². The van der Waals surface area contributed by atoms with Crippen molar-refractivity contribution >= 4 is 0 Å². The van der Waals surface area contributed by atoms with Crippen molar-refractivity contribution in [1.82, 2.24) is 0 Å². The average molecular weight is 273 g/mol. The maximum Gasteiger partial charge on any atom is 0.120 e. The van der Waals surface area contributed by atoms with Gasteiger partial charge in [-0.3, -0.25) is 0 Å². The summed E-state index contributed by atoms with van der Waals surface area (Å²) >= 11 is 0. The van der Waals surface area contributed by atoms with Gasteiger partial charge in [-0.25, -0.2) is 0 Å². The number of ether oxygens (including phenoxy) is 1. The summed E-state index contributed by atoms with van der Waals surface area (Å²) in [6.07, 6.45) is 0. The molecular weight excluding hydrogens is 256 g/mol. The SMILES string of the molecule is [CH2]c1ccccc1-c1cccc(OCc2ccccc2)c1. The quantitative estimate of drug-likeness (QED) is 0.641. The molecule has 0 aliphatic heterocycles. The molecule has 1 radical (unpaired) electrons. The van der Waals surface area contributed by atoms with Crippen molar-refractivity contribution in [3.63, 3.8) is 0 Å². The van der Waals surface area contributed by atoms with Crippen molar-refractivity contribution in [3.8, 4) is 16.9 Å². The molecule has 1 nitrogen and oxygen atoms in total. The first kappa shape index (κ1) is 13.4. The third-order valence-corrected chi connectivity index (χ3v) is 3.41. The van der Waals surface area contributed by atoms with Crippen molar-refractivity contribution in [3.05, 3.63) is 96.9 Å². The molecule has 103 valence electrons. The van der Waals surface area contributed by atoms with E-state index < -0.39 is 0 Å². The summed E-state index contributed by atoms with van der Waals surface area (Å²) in [5, 5.41) is 0. The second kappa shape index (κ2) is 6.27. The molecule has 3 rings (SSSR count). The second-order valence-corrected chi connectivity index (χ2v) is 4.96. The van der Waals surface area contributed by atoms with Gasteiger partial charge in [0.05, 0.1) is 0 Å². The van der Waals surface area contributed by atoms with Gasteiger partial charge in [0.1, 0.15) is 12.4 Å². The molecule has 0 amide bonds. The summed E-state index contributed by atoms with van der Waals surface area (Å²) in [4.78, 5) is 0. The van der Waals surface area contributed by atoms with Crippen LogP contribution in [0.2, 0.25) is 0 Å². The van der Waals surface area contributed by atoms with E-state index in [1.54, 1.807) is 0 Å². The summed E-state index contributed by atoms with van der Waals surface area (Å²) in [6.45, 7) is 4.66. The van der Waals surface area contributed by atoms with E-state index in [0.29, 0.717) is 6.61 Å². The van der Waals surface area contributed by atoms with Crippen molar-refractivity contribution < 1.29 is 4.74 Å². The van der Waals surface area contributed by atoms with Crippen molar-refractivity contribution in [2.75, 3.05) is 0 Å². The first-order valence-electron chi connectivity index (χ1n) is 7.01. The number of rotatable bonds is 4. The molecule has 0 N–H and O–H groups in total. The summed E-state index contributed by atoms with van der Waals surface area (Å²) in [6, 6.07) is 26.5. The van der Waals surface area contributed by atoms with Crippen molar-refractivity contribution in [2.45, 2.75) is 6.61 Å². The van der Waals surface area contributed by atoms with E-state index >= 15 is 0 Å². The average Bonchev–Trinajstić information content (AvgIpc) is 2.55. The highest BCUT2D eigenvalue weighted by molar-refractivity contribution is 5.69. The first-order valence-corrected chi connectivity index (χ1v) is 7.01. The topological polar surface area (TPSA) is 9.23 Å². The van der Waals surface area contributed by atoms with Gasteiger partial charge in [-0.05, 0) is 41.3 Å². The van der Waals surface area contributed by atoms with Crippen LogP contribution in [0.25, 0.3) is 11.1 Å². The third-order valence-electron chi connectivity index (χ3n) is 3.41. The van der Waals surface area contributed by atoms with Gasteiger partial charge in [-0.2, -0.15) is 0 Å². The molecule has 0 aliphatic carbocycles. The van der Waals surface area contributed by atoms with Crippen LogP contribution in [0.5, 0.6) is 5.75 Å². The highest BCUT2D eigenvalue weighted by Gasteiger charge is 2.03. The molecule has 3 aromatic carbocycles. The van der Waals surface area contributed by atoms with Gasteiger partial charge < -0.3 is 4.74 Å². The molecule has 3 aromatic rings. The summed E-state index contributed by atoms with van der Waals surface area (Å²) in [5.41, 5.74) is 4.46. The van der Waals surface area contributed by atoms with Gasteiger partial charge in [0.25, 0.3) is 0 Å². The van der Waals surface area contributed by atoms with E-state index in [2.05, 4.69) is 37.3 Å². The van der Waals surface area contributed by atoms with E-state index in [-0.39, 0.29) is 0 Å². The molecule has 0 spiro atoms. The van der Waals surface area contributed by atoms with Crippen LogP contribution in [0, 0.1) is 6.92 Å². The minimum Gasteiger partial charge on any atom is -0.489 e. The number of hydrogen-bond donors (Lipinski definition) is 0. The Morgan fingerprint density at radius 1 is 0.762 bits per heavy atom. The maximum absolute atomic E-state index is 5.87. The fourth-order valence-corrected chi connectivity index (χ4v) is 2.30. The molecule has 21 heavy (non-hydrogen) atoms. The molecule has 0 atom stereocenters. The van der Waals surface area contributed by atoms with Crippen molar-refractivity contribution in [2.24, 2.45) is 0 Å². The molecule has 0 heterocycles. The fraction of sp³-hybridized carbons (Fsp3) is 0.0500. The minimum absolute atomic E-state index is 0.580. The largest absolute Gasteiger partial charge is 0.489 e. The lowest BCUT2D eigenvalue weighted by atomic mass is 10.0. The highest BCUT2D eigenvalue weighted by atomic mass is 16.5. The smallest absolute Gasteiger partial charge is 0.120 e. The standard InChI is InChI=1S/C20H17O/c1-16-8-5-6-13-20(16)18-11-7-12-19(14-18)21-15-17-9-3-2-4-10-17/h2-14H,1,15H2. The summed E-state index contributed by atoms with van der Waals surface area (Å²) < 4.78 is 5.87. The lowest BCUT2D eigenvalue weighted by Gasteiger charge is -2.10. The molecule has 0 aliphatic rings. The highest BCUT2D eigenvalue weighted by Crippen LogP contribution is 2.26. The Morgan fingerprint density at radius 3 is 2.33 bits per heavy atom. The minimum atomic E-state index is 0.580. The second-order valence-electron chi connectivity index (χ2n) is 4.96. The molecule has 0 saturated heterocycles. The Morgan fingerprint density at radius 2 is 1.52 bits per heavy atom. The zero-order valence-electron chi connectivity index (χ0n) is 11.8. The van der Waals surface area contributed by atoms with Crippen LogP contribution < -0.4 is 4.74 Å². The van der Waals surface area contributed by atoms with Gasteiger partial charge in [0.15, 0.2) is 0 Å². The molecule has 0 aromatic heterocycles. The summed E-state index contributed by atoms with van der Waals surface area (Å²) in [5.74, 6) is 0.875. The lowest BCUT2D eigenvalue weighted by molar-refractivity contribution is 0.306. The first-order chi connectivity index (χ1) is 10.3. The van der Waals surface area contributed by atoms with Gasteiger partial charge >= 0.3 is 0 Å². The molecule has 0 saturated carbocycles. The maximum atomic E-state index is 5.87. The lowest BCUT2D eigenvalue weighted by Crippen LogP contribution is -1.95. The summed E-state index contributed by atoms with van der Waals surface area (Å²) in [7, 11) is 0. The van der Waals surface area contributed by atoms with Crippen LogP contribution in [0.3, 0.4) is 0 Å². The van der Waals surface area contributed by atoms with Crippen molar-refractivity contribution in [1.29, 1.82) is 0 Å². The van der Waals surface area contributed by atoms with Crippen LogP contribution in [0.1, 0.15) is 11.1 Å².